The first kappa shape index (κ1) is 9.21. The highest BCUT2D eigenvalue weighted by Crippen LogP contribution is 2.58. The summed E-state index contributed by atoms with van der Waals surface area (Å²) in [5.41, 5.74) is 6.75. The highest BCUT2D eigenvalue weighted by atomic mass is 14.8. The van der Waals surface area contributed by atoms with Gasteiger partial charge in [-0.05, 0) is 61.7 Å². The van der Waals surface area contributed by atoms with Crippen molar-refractivity contribution in [2.24, 2.45) is 35.3 Å². The molecule has 14 heavy (non-hydrogen) atoms. The van der Waals surface area contributed by atoms with Gasteiger partial charge in [-0.1, -0.05) is 13.8 Å². The lowest BCUT2D eigenvalue weighted by Crippen LogP contribution is -2.59. The molecule has 2 unspecified atom stereocenters. The third kappa shape index (κ3) is 1.18. The van der Waals surface area contributed by atoms with E-state index in [4.69, 9.17) is 5.73 Å². The van der Waals surface area contributed by atoms with Crippen LogP contribution in [0.25, 0.3) is 0 Å². The summed E-state index contributed by atoms with van der Waals surface area (Å²) in [6.07, 6.45) is 7.01. The van der Waals surface area contributed by atoms with Gasteiger partial charge in [0, 0.05) is 5.54 Å². The van der Waals surface area contributed by atoms with Gasteiger partial charge in [0.25, 0.3) is 0 Å². The smallest absolute Gasteiger partial charge is 0.0162 e. The lowest BCUT2D eigenvalue weighted by molar-refractivity contribution is -0.0684. The Balaban J connectivity index is 1.89. The molecule has 4 aliphatic rings. The van der Waals surface area contributed by atoms with Crippen molar-refractivity contribution in [1.82, 2.24) is 0 Å². The zero-order valence-corrected chi connectivity index (χ0v) is 9.50. The fourth-order valence-electron chi connectivity index (χ4n) is 5.22. The van der Waals surface area contributed by atoms with Crippen molar-refractivity contribution in [1.29, 1.82) is 0 Å². The van der Waals surface area contributed by atoms with Gasteiger partial charge in [0.05, 0.1) is 0 Å². The van der Waals surface area contributed by atoms with E-state index < -0.39 is 0 Å². The van der Waals surface area contributed by atoms with E-state index in [1.54, 1.807) is 0 Å². The van der Waals surface area contributed by atoms with Crippen LogP contribution in [0.1, 0.15) is 46.0 Å². The first-order chi connectivity index (χ1) is 6.57. The zero-order chi connectivity index (χ0) is 9.92. The van der Waals surface area contributed by atoms with Gasteiger partial charge < -0.3 is 5.73 Å². The quantitative estimate of drug-likeness (QED) is 0.681. The molecule has 80 valence electrons. The minimum atomic E-state index is 0.266. The number of hydrogen-bond donors (Lipinski definition) is 1. The molecule has 2 atom stereocenters. The second-order valence-corrected chi connectivity index (χ2v) is 6.65. The molecule has 2 N–H and O–H groups in total. The van der Waals surface area contributed by atoms with E-state index in [0.717, 1.165) is 29.6 Å². The molecule has 4 rings (SSSR count). The van der Waals surface area contributed by atoms with E-state index in [9.17, 15) is 0 Å². The van der Waals surface area contributed by atoms with Crippen molar-refractivity contribution in [3.05, 3.63) is 0 Å². The second-order valence-electron chi connectivity index (χ2n) is 6.65. The first-order valence-electron chi connectivity index (χ1n) is 6.36. The predicted molar refractivity (Wildman–Crippen MR) is 58.8 cm³/mol. The van der Waals surface area contributed by atoms with Gasteiger partial charge in [0.1, 0.15) is 0 Å². The Labute approximate surface area is 87.4 Å². The van der Waals surface area contributed by atoms with E-state index in [-0.39, 0.29) is 5.54 Å². The van der Waals surface area contributed by atoms with Crippen LogP contribution >= 0.6 is 0 Å². The largest absolute Gasteiger partial charge is 0.325 e. The zero-order valence-electron chi connectivity index (χ0n) is 9.50. The van der Waals surface area contributed by atoms with Crippen LogP contribution in [-0.2, 0) is 0 Å². The van der Waals surface area contributed by atoms with Gasteiger partial charge in [-0.2, -0.15) is 0 Å². The third-order valence-corrected chi connectivity index (χ3v) is 5.16. The van der Waals surface area contributed by atoms with E-state index >= 15 is 0 Å². The average molecular weight is 193 g/mol. The molecule has 0 heterocycles. The van der Waals surface area contributed by atoms with E-state index in [2.05, 4.69) is 13.8 Å². The molecular formula is C13H23N. The van der Waals surface area contributed by atoms with Crippen molar-refractivity contribution >= 4 is 0 Å². The summed E-state index contributed by atoms with van der Waals surface area (Å²) in [4.78, 5) is 0. The summed E-state index contributed by atoms with van der Waals surface area (Å²) in [5.74, 6) is 4.84. The van der Waals surface area contributed by atoms with Crippen LogP contribution in [-0.4, -0.2) is 5.54 Å². The minimum Gasteiger partial charge on any atom is -0.325 e. The molecule has 0 spiro atoms. The lowest BCUT2D eigenvalue weighted by Gasteiger charge is -2.60. The maximum atomic E-state index is 6.48. The normalized spacial score (nSPS) is 55.7. The van der Waals surface area contributed by atoms with Crippen LogP contribution in [0.5, 0.6) is 0 Å². The van der Waals surface area contributed by atoms with Crippen LogP contribution in [0, 0.1) is 29.6 Å². The van der Waals surface area contributed by atoms with E-state index in [0.29, 0.717) is 0 Å². The molecule has 4 aliphatic carbocycles. The average Bonchev–Trinajstić information content (AvgIpc) is 1.97. The highest BCUT2D eigenvalue weighted by Gasteiger charge is 2.54. The molecule has 0 aromatic carbocycles. The minimum absolute atomic E-state index is 0.266. The summed E-state index contributed by atoms with van der Waals surface area (Å²) in [6.45, 7) is 4.83. The SMILES string of the molecule is CC(C)C1C2CC3CC1CC(N)(C3)C2. The summed E-state index contributed by atoms with van der Waals surface area (Å²) < 4.78 is 0. The van der Waals surface area contributed by atoms with Gasteiger partial charge in [0.2, 0.25) is 0 Å². The fraction of sp³-hybridized carbons (Fsp3) is 1.00. The Morgan fingerprint density at radius 1 is 1.07 bits per heavy atom. The molecule has 0 amide bonds. The Morgan fingerprint density at radius 3 is 2.07 bits per heavy atom. The van der Waals surface area contributed by atoms with Crippen molar-refractivity contribution < 1.29 is 0 Å². The molecule has 0 aromatic heterocycles. The first-order valence-corrected chi connectivity index (χ1v) is 6.36. The molecule has 0 saturated heterocycles. The van der Waals surface area contributed by atoms with Crippen molar-refractivity contribution in [3.63, 3.8) is 0 Å². The molecule has 0 aliphatic heterocycles. The number of rotatable bonds is 1. The topological polar surface area (TPSA) is 26.0 Å². The molecule has 0 aromatic rings. The summed E-state index contributed by atoms with van der Waals surface area (Å²) in [6, 6.07) is 0. The predicted octanol–water partition coefficient (Wildman–Crippen LogP) is 2.80. The molecular weight excluding hydrogens is 170 g/mol. The van der Waals surface area contributed by atoms with Crippen LogP contribution in [0.15, 0.2) is 0 Å². The lowest BCUT2D eigenvalue weighted by atomic mass is 9.47. The molecule has 4 bridgehead atoms. The maximum absolute atomic E-state index is 6.48. The van der Waals surface area contributed by atoms with E-state index in [1.807, 2.05) is 0 Å². The second kappa shape index (κ2) is 2.75. The maximum Gasteiger partial charge on any atom is 0.0162 e. The van der Waals surface area contributed by atoms with Gasteiger partial charge in [-0.15, -0.1) is 0 Å². The standard InChI is InChI=1S/C13H23N/c1-8(2)12-10-3-9-4-11(12)7-13(14,5-9)6-10/h8-12H,3-7,14H2,1-2H3. The summed E-state index contributed by atoms with van der Waals surface area (Å²) >= 11 is 0. The monoisotopic (exact) mass is 193 g/mol. The van der Waals surface area contributed by atoms with Gasteiger partial charge in [-0.25, -0.2) is 0 Å². The van der Waals surface area contributed by atoms with Crippen LogP contribution in [0.4, 0.5) is 0 Å². The Bertz CT molecular complexity index is 230. The van der Waals surface area contributed by atoms with Crippen LogP contribution in [0.2, 0.25) is 0 Å². The van der Waals surface area contributed by atoms with E-state index in [1.165, 1.54) is 32.1 Å². The van der Waals surface area contributed by atoms with Gasteiger partial charge >= 0.3 is 0 Å². The van der Waals surface area contributed by atoms with Gasteiger partial charge in [-0.3, -0.25) is 0 Å². The molecule has 1 heteroatoms. The summed E-state index contributed by atoms with van der Waals surface area (Å²) in [5, 5.41) is 0. The fourth-order valence-corrected chi connectivity index (χ4v) is 5.22. The Kier molecular flexibility index (Phi) is 1.81. The van der Waals surface area contributed by atoms with Gasteiger partial charge in [0.15, 0.2) is 0 Å². The molecule has 4 fully saturated rings. The number of nitrogens with two attached hydrogens (primary N) is 1. The Hall–Kier alpha value is -0.0400. The third-order valence-electron chi connectivity index (χ3n) is 5.16. The highest BCUT2D eigenvalue weighted by molar-refractivity contribution is 5.08. The summed E-state index contributed by atoms with van der Waals surface area (Å²) in [7, 11) is 0. The van der Waals surface area contributed by atoms with Crippen molar-refractivity contribution in [2.45, 2.75) is 51.5 Å². The Morgan fingerprint density at radius 2 is 1.64 bits per heavy atom. The number of hydrogen-bond acceptors (Lipinski definition) is 1. The van der Waals surface area contributed by atoms with Crippen molar-refractivity contribution in [2.75, 3.05) is 0 Å². The molecule has 4 saturated carbocycles. The van der Waals surface area contributed by atoms with Crippen LogP contribution < -0.4 is 5.73 Å². The molecule has 0 radical (unpaired) electrons. The molecule has 1 nitrogen and oxygen atoms in total. The van der Waals surface area contributed by atoms with Crippen LogP contribution in [0.3, 0.4) is 0 Å². The van der Waals surface area contributed by atoms with Crippen molar-refractivity contribution in [3.8, 4) is 0 Å².